The number of esters is 1. The van der Waals surface area contributed by atoms with Gasteiger partial charge in [-0.25, -0.2) is 4.79 Å². The lowest BCUT2D eigenvalue weighted by Gasteiger charge is -2.57. The van der Waals surface area contributed by atoms with Crippen LogP contribution in [0.15, 0.2) is 23.8 Å². The van der Waals surface area contributed by atoms with Crippen molar-refractivity contribution < 1.29 is 28.7 Å². The van der Waals surface area contributed by atoms with Crippen molar-refractivity contribution in [1.82, 2.24) is 0 Å². The largest absolute Gasteiger partial charge is 0.453 e. The maximum Gasteiger partial charge on any atom is 0.362 e. The Balaban J connectivity index is 1.51. The number of fused-ring (bicyclic) bond motifs is 5. The number of hydrogen-bond donors (Lipinski definition) is 1. The molecule has 32 heavy (non-hydrogen) atoms. The first-order valence-electron chi connectivity index (χ1n) is 12.0. The van der Waals surface area contributed by atoms with E-state index in [0.29, 0.717) is 22.7 Å². The Kier molecular flexibility index (Phi) is 5.57. The highest BCUT2D eigenvalue weighted by atomic mass is 16.5. The Morgan fingerprint density at radius 2 is 1.81 bits per heavy atom. The Morgan fingerprint density at radius 3 is 2.50 bits per heavy atom. The number of Topliss-reactive ketones (excluding diaryl/α,β-unsaturated/α-hetero) is 1. The Labute approximate surface area is 191 Å². The quantitative estimate of drug-likeness (QED) is 0.521. The molecule has 176 valence electrons. The second-order valence-corrected chi connectivity index (χ2v) is 12.0. The van der Waals surface area contributed by atoms with Crippen LogP contribution in [-0.4, -0.2) is 67.0 Å². The number of carbonyl (C=O) groups is 3. The minimum Gasteiger partial charge on any atom is -0.453 e. The summed E-state index contributed by atoms with van der Waals surface area (Å²) in [4.78, 5) is 37.2. The molecule has 4 aliphatic carbocycles. The molecule has 0 bridgehead atoms. The molecule has 0 radical (unpaired) electrons. The van der Waals surface area contributed by atoms with Gasteiger partial charge in [-0.3, -0.25) is 9.59 Å². The first-order valence-corrected chi connectivity index (χ1v) is 12.0. The molecule has 6 nitrogen and oxygen atoms in total. The van der Waals surface area contributed by atoms with Gasteiger partial charge in [0, 0.05) is 10.8 Å². The van der Waals surface area contributed by atoms with Crippen LogP contribution < -0.4 is 0 Å². The van der Waals surface area contributed by atoms with Gasteiger partial charge in [-0.1, -0.05) is 25.5 Å². The number of carbonyl (C=O) groups excluding carboxylic acids is 3. The number of quaternary nitrogens is 1. The zero-order valence-electron chi connectivity index (χ0n) is 20.1. The predicted octanol–water partition coefficient (Wildman–Crippen LogP) is 2.84. The minimum absolute atomic E-state index is 0.0808. The average molecular weight is 445 g/mol. The number of ether oxygens (including phenoxy) is 1. The topological polar surface area (TPSA) is 80.7 Å². The van der Waals surface area contributed by atoms with Crippen LogP contribution in [0.2, 0.25) is 0 Å². The van der Waals surface area contributed by atoms with E-state index in [1.807, 2.05) is 27.2 Å². The van der Waals surface area contributed by atoms with E-state index in [9.17, 15) is 19.5 Å². The highest BCUT2D eigenvalue weighted by Gasteiger charge is 2.66. The lowest BCUT2D eigenvalue weighted by Crippen LogP contribution is -2.58. The monoisotopic (exact) mass is 444 g/mol. The molecule has 4 aliphatic rings. The van der Waals surface area contributed by atoms with Crippen LogP contribution in [0.4, 0.5) is 0 Å². The molecular weight excluding hydrogens is 406 g/mol. The standard InChI is InChI=1S/C26H38NO5/c1-24-11-8-18(28)14-17(24)6-7-19-20(24)9-12-25(2)21(19)10-13-26(25,31)22(29)16-32-23(30)15-27(3,4)5/h8,11,14,19-21,31H,6-7,9-10,12-13,15-16H2,1-5H3/q+1/t19-,20+,21-,24+,25+,26+/m1/s1. The fourth-order valence-electron chi connectivity index (χ4n) is 7.37. The van der Waals surface area contributed by atoms with Crippen LogP contribution in [0, 0.1) is 28.6 Å². The molecule has 6 atom stereocenters. The highest BCUT2D eigenvalue weighted by molar-refractivity contribution is 6.01. The third kappa shape index (κ3) is 3.60. The summed E-state index contributed by atoms with van der Waals surface area (Å²) in [7, 11) is 5.67. The van der Waals surface area contributed by atoms with E-state index in [0.717, 1.165) is 32.1 Å². The van der Waals surface area contributed by atoms with Gasteiger partial charge in [0.25, 0.3) is 0 Å². The fourth-order valence-corrected chi connectivity index (χ4v) is 7.37. The maximum absolute atomic E-state index is 13.2. The van der Waals surface area contributed by atoms with Gasteiger partial charge in [0.2, 0.25) is 5.78 Å². The van der Waals surface area contributed by atoms with Gasteiger partial charge in [0.05, 0.1) is 21.1 Å². The molecule has 0 saturated heterocycles. The molecule has 3 fully saturated rings. The van der Waals surface area contributed by atoms with Crippen molar-refractivity contribution in [2.24, 2.45) is 28.6 Å². The predicted molar refractivity (Wildman–Crippen MR) is 120 cm³/mol. The average Bonchev–Trinajstić information content (AvgIpc) is 2.97. The van der Waals surface area contributed by atoms with E-state index in [2.05, 4.69) is 19.9 Å². The lowest BCUT2D eigenvalue weighted by molar-refractivity contribution is -0.862. The summed E-state index contributed by atoms with van der Waals surface area (Å²) in [5.41, 5.74) is -0.828. The van der Waals surface area contributed by atoms with E-state index in [4.69, 9.17) is 4.74 Å². The summed E-state index contributed by atoms with van der Waals surface area (Å²) in [6, 6.07) is 0. The number of aliphatic hydroxyl groups is 1. The third-order valence-electron chi connectivity index (χ3n) is 9.14. The van der Waals surface area contributed by atoms with Crippen molar-refractivity contribution in [2.75, 3.05) is 34.3 Å². The van der Waals surface area contributed by atoms with Crippen molar-refractivity contribution in [3.8, 4) is 0 Å². The van der Waals surface area contributed by atoms with Crippen molar-refractivity contribution in [1.29, 1.82) is 0 Å². The molecule has 4 rings (SSSR count). The summed E-state index contributed by atoms with van der Waals surface area (Å²) in [6.45, 7) is 4.14. The zero-order chi connectivity index (χ0) is 23.5. The van der Waals surface area contributed by atoms with Gasteiger partial charge in [0.1, 0.15) is 5.60 Å². The van der Waals surface area contributed by atoms with Gasteiger partial charge in [-0.15, -0.1) is 0 Å². The summed E-state index contributed by atoms with van der Waals surface area (Å²) in [5, 5.41) is 11.7. The number of nitrogens with zero attached hydrogens (tertiary/aromatic N) is 1. The van der Waals surface area contributed by atoms with Crippen LogP contribution >= 0.6 is 0 Å². The van der Waals surface area contributed by atoms with Crippen molar-refractivity contribution >= 4 is 17.5 Å². The molecular formula is C26H38NO5+. The minimum atomic E-state index is -1.45. The van der Waals surface area contributed by atoms with Gasteiger partial charge < -0.3 is 14.3 Å². The van der Waals surface area contributed by atoms with Crippen LogP contribution in [-0.2, 0) is 19.1 Å². The molecule has 0 aromatic heterocycles. The first kappa shape index (κ1) is 23.4. The highest BCUT2D eigenvalue weighted by Crippen LogP contribution is 2.67. The fraction of sp³-hybridized carbons (Fsp3) is 0.731. The van der Waals surface area contributed by atoms with Crippen molar-refractivity contribution in [2.45, 2.75) is 58.0 Å². The smallest absolute Gasteiger partial charge is 0.362 e. The Morgan fingerprint density at radius 1 is 1.12 bits per heavy atom. The molecule has 0 aromatic carbocycles. The Hall–Kier alpha value is -1.79. The van der Waals surface area contributed by atoms with E-state index in [1.165, 1.54) is 5.57 Å². The summed E-state index contributed by atoms with van der Waals surface area (Å²) in [5.74, 6) is 0.386. The number of allylic oxidation sites excluding steroid dienone is 4. The Bertz CT molecular complexity index is 898. The van der Waals surface area contributed by atoms with Gasteiger partial charge in [0.15, 0.2) is 18.9 Å². The summed E-state index contributed by atoms with van der Waals surface area (Å²) < 4.78 is 5.70. The van der Waals surface area contributed by atoms with Gasteiger partial charge in [-0.2, -0.15) is 0 Å². The molecule has 6 heteroatoms. The summed E-state index contributed by atoms with van der Waals surface area (Å²) >= 11 is 0. The zero-order valence-corrected chi connectivity index (χ0v) is 20.1. The van der Waals surface area contributed by atoms with Gasteiger partial charge >= 0.3 is 5.97 Å². The van der Waals surface area contributed by atoms with Crippen molar-refractivity contribution in [3.05, 3.63) is 23.8 Å². The molecule has 0 aliphatic heterocycles. The molecule has 0 aromatic rings. The van der Waals surface area contributed by atoms with E-state index < -0.39 is 17.0 Å². The van der Waals surface area contributed by atoms with Crippen LogP contribution in [0.25, 0.3) is 0 Å². The van der Waals surface area contributed by atoms with Crippen LogP contribution in [0.5, 0.6) is 0 Å². The van der Waals surface area contributed by atoms with Crippen molar-refractivity contribution in [3.63, 3.8) is 0 Å². The number of hydrogen-bond acceptors (Lipinski definition) is 5. The molecule has 0 heterocycles. The molecule has 3 saturated carbocycles. The molecule has 0 spiro atoms. The number of likely N-dealkylation sites (N-methyl/N-ethyl adjacent to an activating group) is 1. The van der Waals surface area contributed by atoms with Crippen LogP contribution in [0.1, 0.15) is 52.4 Å². The lowest BCUT2D eigenvalue weighted by atomic mass is 9.47. The van der Waals surface area contributed by atoms with E-state index >= 15 is 0 Å². The maximum atomic E-state index is 13.2. The second-order valence-electron chi connectivity index (χ2n) is 12.0. The number of rotatable bonds is 5. The first-order chi connectivity index (χ1) is 14.8. The molecule has 0 amide bonds. The molecule has 1 N–H and O–H groups in total. The SMILES string of the molecule is C[C@]12C=CC(=O)C=C1CC[C@H]1[C@H]3CC[C@](O)(C(=O)COC(=O)C[N+](C)(C)C)[C@@]3(C)CC[C@@H]12. The van der Waals surface area contributed by atoms with Gasteiger partial charge in [-0.05, 0) is 68.4 Å². The second kappa shape index (κ2) is 7.63. The van der Waals surface area contributed by atoms with Crippen LogP contribution in [0.3, 0.4) is 0 Å². The third-order valence-corrected chi connectivity index (χ3v) is 9.14. The van der Waals surface area contributed by atoms with E-state index in [-0.39, 0.29) is 36.1 Å². The number of ketones is 2. The normalized spacial score (nSPS) is 40.8. The summed E-state index contributed by atoms with van der Waals surface area (Å²) in [6.07, 6.45) is 10.4. The van der Waals surface area contributed by atoms with E-state index in [1.54, 1.807) is 6.08 Å². The molecule has 0 unspecified atom stereocenters.